The van der Waals surface area contributed by atoms with Crippen LogP contribution in [0.1, 0.15) is 116 Å². The maximum Gasteiger partial charge on any atom is 0.322 e. The van der Waals surface area contributed by atoms with E-state index in [1.54, 1.807) is 0 Å². The highest BCUT2D eigenvalue weighted by molar-refractivity contribution is 5.82. The normalized spacial score (nSPS) is 10.2. The molecule has 0 rings (SSSR count). The molecule has 33 heavy (non-hydrogen) atoms. The average Bonchev–Trinajstić information content (AvgIpc) is 2.76. The van der Waals surface area contributed by atoms with Crippen LogP contribution in [-0.2, 0) is 19.2 Å². The van der Waals surface area contributed by atoms with Crippen molar-refractivity contribution in [1.82, 2.24) is 5.32 Å². The SMILES string of the molecule is NC(=O)CCCCCCCCCCCCCCCCCCC(N)=O.NCC(=O)NCC(=O)O. The number of hydrogen-bond acceptors (Lipinski definition) is 5. The third kappa shape index (κ3) is 34.6. The van der Waals surface area contributed by atoms with Gasteiger partial charge >= 0.3 is 5.97 Å². The first-order valence-corrected chi connectivity index (χ1v) is 12.5. The second kappa shape index (κ2) is 26.1. The monoisotopic (exact) mass is 472 g/mol. The Morgan fingerprint density at radius 3 is 1.03 bits per heavy atom. The summed E-state index contributed by atoms with van der Waals surface area (Å²) in [6.45, 7) is -0.538. The fourth-order valence-corrected chi connectivity index (χ4v) is 3.32. The predicted octanol–water partition coefficient (Wildman–Crippen LogP) is 3.12. The van der Waals surface area contributed by atoms with Gasteiger partial charge in [0.2, 0.25) is 17.7 Å². The molecule has 0 radical (unpaired) electrons. The highest BCUT2D eigenvalue weighted by Crippen LogP contribution is 2.14. The highest BCUT2D eigenvalue weighted by atomic mass is 16.4. The summed E-state index contributed by atoms with van der Waals surface area (Å²) in [5.74, 6) is -1.87. The smallest absolute Gasteiger partial charge is 0.322 e. The van der Waals surface area contributed by atoms with E-state index < -0.39 is 11.9 Å². The van der Waals surface area contributed by atoms with Crippen LogP contribution in [0.4, 0.5) is 0 Å². The fourth-order valence-electron chi connectivity index (χ4n) is 3.32. The minimum atomic E-state index is -1.07. The molecule has 194 valence electrons. The summed E-state index contributed by atoms with van der Waals surface area (Å²) in [6.07, 6.45) is 21.3. The van der Waals surface area contributed by atoms with E-state index in [1.165, 1.54) is 77.0 Å². The van der Waals surface area contributed by atoms with Crippen LogP contribution in [0.15, 0.2) is 0 Å². The second-order valence-electron chi connectivity index (χ2n) is 8.46. The molecule has 0 spiro atoms. The van der Waals surface area contributed by atoms with E-state index in [9.17, 15) is 19.2 Å². The van der Waals surface area contributed by atoms with Gasteiger partial charge < -0.3 is 27.6 Å². The van der Waals surface area contributed by atoms with Crippen LogP contribution >= 0.6 is 0 Å². The number of hydrogen-bond donors (Lipinski definition) is 5. The standard InChI is InChI=1S/C20H40N2O2.C4H8N2O3/c21-19(23)17-15-13-11-9-7-5-3-1-2-4-6-8-10-12-14-16-18-20(22)24;5-1-3(7)6-2-4(8)9/h1-18H2,(H2,21,23)(H2,22,24);1-2,5H2,(H,6,7)(H,8,9). The summed E-state index contributed by atoms with van der Waals surface area (Å²) < 4.78 is 0. The lowest BCUT2D eigenvalue weighted by Crippen LogP contribution is -2.34. The summed E-state index contributed by atoms with van der Waals surface area (Å²) in [5, 5.41) is 10.1. The number of carbonyl (C=O) groups excluding carboxylic acids is 3. The van der Waals surface area contributed by atoms with Crippen molar-refractivity contribution in [2.45, 2.75) is 116 Å². The molecule has 0 saturated heterocycles. The number of unbranched alkanes of at least 4 members (excludes halogenated alkanes) is 15. The molecule has 0 aliphatic carbocycles. The zero-order valence-corrected chi connectivity index (χ0v) is 20.5. The van der Waals surface area contributed by atoms with Gasteiger partial charge in [0.25, 0.3) is 0 Å². The molecule has 9 nitrogen and oxygen atoms in total. The molecular weight excluding hydrogens is 424 g/mol. The third-order valence-electron chi connectivity index (χ3n) is 5.22. The summed E-state index contributed by atoms with van der Waals surface area (Å²) in [7, 11) is 0. The van der Waals surface area contributed by atoms with Crippen LogP contribution in [-0.4, -0.2) is 41.9 Å². The van der Waals surface area contributed by atoms with E-state index in [0.717, 1.165) is 25.7 Å². The third-order valence-corrected chi connectivity index (χ3v) is 5.22. The maximum atomic E-state index is 10.6. The Labute approximate surface area is 199 Å². The molecule has 0 fully saturated rings. The summed E-state index contributed by atoms with van der Waals surface area (Å²) >= 11 is 0. The molecule has 9 heteroatoms. The van der Waals surface area contributed by atoms with Crippen LogP contribution in [0.2, 0.25) is 0 Å². The number of carboxylic acid groups (broad SMARTS) is 1. The van der Waals surface area contributed by atoms with Crippen molar-refractivity contribution in [2.24, 2.45) is 17.2 Å². The molecule has 0 saturated carbocycles. The van der Waals surface area contributed by atoms with Gasteiger partial charge in [0.05, 0.1) is 6.54 Å². The second-order valence-corrected chi connectivity index (χ2v) is 8.46. The number of carboxylic acids is 1. The molecule has 0 unspecified atom stereocenters. The molecule has 0 bridgehead atoms. The molecule has 0 aromatic heterocycles. The predicted molar refractivity (Wildman–Crippen MR) is 131 cm³/mol. The Morgan fingerprint density at radius 1 is 0.545 bits per heavy atom. The molecule has 0 aliphatic heterocycles. The van der Waals surface area contributed by atoms with Crippen molar-refractivity contribution in [2.75, 3.05) is 13.1 Å². The molecule has 8 N–H and O–H groups in total. The van der Waals surface area contributed by atoms with Crippen molar-refractivity contribution >= 4 is 23.7 Å². The van der Waals surface area contributed by atoms with Gasteiger partial charge in [-0.05, 0) is 12.8 Å². The van der Waals surface area contributed by atoms with Crippen LogP contribution in [0.5, 0.6) is 0 Å². The highest BCUT2D eigenvalue weighted by Gasteiger charge is 1.99. The fraction of sp³-hybridized carbons (Fsp3) is 0.833. The van der Waals surface area contributed by atoms with E-state index in [0.29, 0.717) is 12.8 Å². The van der Waals surface area contributed by atoms with Crippen LogP contribution in [0, 0.1) is 0 Å². The number of nitrogens with one attached hydrogen (secondary N) is 1. The minimum Gasteiger partial charge on any atom is -0.480 e. The largest absolute Gasteiger partial charge is 0.480 e. The summed E-state index contributed by atoms with van der Waals surface area (Å²) in [6, 6.07) is 0. The van der Waals surface area contributed by atoms with Gasteiger partial charge in [-0.15, -0.1) is 0 Å². The topological polar surface area (TPSA) is 179 Å². The zero-order valence-electron chi connectivity index (χ0n) is 20.5. The molecule has 0 aromatic carbocycles. The molecule has 0 aliphatic rings. The Morgan fingerprint density at radius 2 is 0.818 bits per heavy atom. The average molecular weight is 473 g/mol. The molecular formula is C24H48N4O5. The Hall–Kier alpha value is -2.16. The molecule has 3 amide bonds. The van der Waals surface area contributed by atoms with Crippen LogP contribution < -0.4 is 22.5 Å². The lowest BCUT2D eigenvalue weighted by molar-refractivity contribution is -0.137. The van der Waals surface area contributed by atoms with Gasteiger partial charge in [0, 0.05) is 12.8 Å². The number of carbonyl (C=O) groups is 4. The first kappa shape index (κ1) is 33.0. The lowest BCUT2D eigenvalue weighted by atomic mass is 10.0. The van der Waals surface area contributed by atoms with Gasteiger partial charge in [-0.1, -0.05) is 89.9 Å². The van der Waals surface area contributed by atoms with Crippen molar-refractivity contribution < 1.29 is 24.3 Å². The Bertz CT molecular complexity index is 485. The van der Waals surface area contributed by atoms with Gasteiger partial charge in [-0.3, -0.25) is 19.2 Å². The maximum absolute atomic E-state index is 10.6. The van der Waals surface area contributed by atoms with Gasteiger partial charge in [0.1, 0.15) is 6.54 Å². The van der Waals surface area contributed by atoms with E-state index >= 15 is 0 Å². The van der Waals surface area contributed by atoms with Crippen LogP contribution in [0.3, 0.4) is 0 Å². The summed E-state index contributed by atoms with van der Waals surface area (Å²) in [4.78, 5) is 41.2. The zero-order chi connectivity index (χ0) is 25.2. The first-order valence-electron chi connectivity index (χ1n) is 12.5. The van der Waals surface area contributed by atoms with E-state index in [2.05, 4.69) is 5.32 Å². The van der Waals surface area contributed by atoms with Crippen molar-refractivity contribution in [1.29, 1.82) is 0 Å². The first-order chi connectivity index (χ1) is 15.8. The van der Waals surface area contributed by atoms with E-state index in [4.69, 9.17) is 22.3 Å². The number of nitrogens with two attached hydrogens (primary N) is 3. The van der Waals surface area contributed by atoms with E-state index in [1.807, 2.05) is 0 Å². The van der Waals surface area contributed by atoms with Crippen molar-refractivity contribution in [3.8, 4) is 0 Å². The van der Waals surface area contributed by atoms with Crippen molar-refractivity contribution in [3.05, 3.63) is 0 Å². The summed E-state index contributed by atoms with van der Waals surface area (Å²) in [5.41, 5.74) is 15.1. The van der Waals surface area contributed by atoms with E-state index in [-0.39, 0.29) is 24.9 Å². The van der Waals surface area contributed by atoms with Gasteiger partial charge in [0.15, 0.2) is 0 Å². The molecule has 0 atom stereocenters. The quantitative estimate of drug-likeness (QED) is 0.151. The van der Waals surface area contributed by atoms with Gasteiger partial charge in [-0.2, -0.15) is 0 Å². The Balaban J connectivity index is 0. The minimum absolute atomic E-state index is 0.168. The Kier molecular flexibility index (Phi) is 26.1. The van der Waals surface area contributed by atoms with Crippen LogP contribution in [0.25, 0.3) is 0 Å². The van der Waals surface area contributed by atoms with Crippen molar-refractivity contribution in [3.63, 3.8) is 0 Å². The lowest BCUT2D eigenvalue weighted by Gasteiger charge is -2.03. The van der Waals surface area contributed by atoms with Gasteiger partial charge in [-0.25, -0.2) is 0 Å². The number of amides is 3. The molecule has 0 aromatic rings. The molecule has 0 heterocycles. The number of aliphatic carboxylic acids is 1. The number of primary amides is 2. The number of rotatable bonds is 22.